The van der Waals surface area contributed by atoms with Gasteiger partial charge in [0.15, 0.2) is 0 Å². The molecule has 0 aliphatic carbocycles. The second-order valence-electron chi connectivity index (χ2n) is 9.64. The number of hydrogen-bond donors (Lipinski definition) is 2. The van der Waals surface area contributed by atoms with Gasteiger partial charge in [-0.25, -0.2) is 0 Å². The number of aryl methyl sites for hydroxylation is 1. The number of thioether (sulfide) groups is 1. The SMILES string of the molecule is CCC(/C=C1\Sc2ccc(OC)cc2N1CCCC(=O)O)=C\c1sc2ccc3ccccc3c2c1CCC(=O)O. The van der Waals surface area contributed by atoms with Gasteiger partial charge in [0.05, 0.1) is 17.8 Å². The second-order valence-corrected chi connectivity index (χ2v) is 11.8. The van der Waals surface area contributed by atoms with Crippen LogP contribution >= 0.6 is 23.1 Å². The largest absolute Gasteiger partial charge is 0.497 e. The smallest absolute Gasteiger partial charge is 0.303 e. The van der Waals surface area contributed by atoms with E-state index in [0.717, 1.165) is 64.7 Å². The molecular formula is C32H31NO5S2. The summed E-state index contributed by atoms with van der Waals surface area (Å²) in [4.78, 5) is 27.1. The zero-order chi connectivity index (χ0) is 28.2. The molecule has 3 aromatic carbocycles. The lowest BCUT2D eigenvalue weighted by molar-refractivity contribution is -0.138. The highest BCUT2D eigenvalue weighted by atomic mass is 32.2. The summed E-state index contributed by atoms with van der Waals surface area (Å²) in [6, 6.07) is 18.5. The number of rotatable bonds is 11. The first-order chi connectivity index (χ1) is 19.4. The number of anilines is 1. The number of fused-ring (bicyclic) bond motifs is 4. The predicted molar refractivity (Wildman–Crippen MR) is 165 cm³/mol. The maximum absolute atomic E-state index is 11.6. The van der Waals surface area contributed by atoms with Gasteiger partial charge in [-0.3, -0.25) is 9.59 Å². The second kappa shape index (κ2) is 12.2. The summed E-state index contributed by atoms with van der Waals surface area (Å²) in [6.07, 6.45) is 6.34. The molecule has 2 N–H and O–H groups in total. The van der Waals surface area contributed by atoms with Gasteiger partial charge < -0.3 is 19.8 Å². The molecule has 5 rings (SSSR count). The van der Waals surface area contributed by atoms with E-state index in [1.165, 1.54) is 0 Å². The van der Waals surface area contributed by atoms with Crippen LogP contribution in [0, 0.1) is 0 Å². The first-order valence-corrected chi connectivity index (χ1v) is 14.9. The molecule has 1 aliphatic heterocycles. The van der Waals surface area contributed by atoms with E-state index in [9.17, 15) is 19.8 Å². The molecule has 0 atom stereocenters. The molecular weight excluding hydrogens is 542 g/mol. The van der Waals surface area contributed by atoms with Crippen molar-refractivity contribution in [2.24, 2.45) is 0 Å². The lowest BCUT2D eigenvalue weighted by atomic mass is 9.98. The highest BCUT2D eigenvalue weighted by Gasteiger charge is 2.26. The molecule has 0 fully saturated rings. The number of allylic oxidation sites excluding steroid dienone is 2. The first-order valence-electron chi connectivity index (χ1n) is 13.3. The van der Waals surface area contributed by atoms with Crippen LogP contribution in [0.3, 0.4) is 0 Å². The van der Waals surface area contributed by atoms with E-state index >= 15 is 0 Å². The van der Waals surface area contributed by atoms with Crippen molar-refractivity contribution in [3.05, 3.63) is 81.7 Å². The third kappa shape index (κ3) is 5.88. The van der Waals surface area contributed by atoms with E-state index in [1.54, 1.807) is 30.2 Å². The van der Waals surface area contributed by atoms with Crippen molar-refractivity contribution in [2.75, 3.05) is 18.6 Å². The van der Waals surface area contributed by atoms with E-state index in [0.29, 0.717) is 19.4 Å². The van der Waals surface area contributed by atoms with E-state index < -0.39 is 11.9 Å². The first kappa shape index (κ1) is 27.8. The standard InChI is InChI=1S/C32H31NO5S2/c1-3-20(18-29-33(16-6-9-30(34)35)25-19-22(38-2)11-14-26(25)40-29)17-28-24(12-15-31(36)37)32-23-8-5-4-7-21(23)10-13-27(32)39-28/h4-5,7-8,10-11,13-14,17-19H,3,6,9,12,15-16H2,1-2H3,(H,34,35)(H,36,37)/b20-17+,29-18-. The minimum atomic E-state index is -0.806. The Balaban J connectivity index is 1.57. The fourth-order valence-corrected chi connectivity index (χ4v) is 7.45. The number of ether oxygens (including phenoxy) is 1. The Kier molecular flexibility index (Phi) is 8.47. The van der Waals surface area contributed by atoms with Crippen LogP contribution in [0.2, 0.25) is 0 Å². The van der Waals surface area contributed by atoms with Gasteiger partial charge in [-0.2, -0.15) is 0 Å². The normalized spacial score (nSPS) is 14.3. The molecule has 0 spiro atoms. The molecule has 40 heavy (non-hydrogen) atoms. The van der Waals surface area contributed by atoms with Crippen LogP contribution in [-0.4, -0.2) is 35.8 Å². The van der Waals surface area contributed by atoms with E-state index in [-0.39, 0.29) is 12.8 Å². The van der Waals surface area contributed by atoms with Crippen molar-refractivity contribution in [1.29, 1.82) is 0 Å². The molecule has 1 aliphatic rings. The number of carboxylic acid groups (broad SMARTS) is 2. The quantitative estimate of drug-likeness (QED) is 0.187. The number of thiophene rings is 1. The Bertz CT molecular complexity index is 1650. The van der Waals surface area contributed by atoms with Crippen LogP contribution < -0.4 is 9.64 Å². The van der Waals surface area contributed by atoms with Crippen molar-refractivity contribution < 1.29 is 24.5 Å². The monoisotopic (exact) mass is 573 g/mol. The summed E-state index contributed by atoms with van der Waals surface area (Å²) >= 11 is 3.37. The van der Waals surface area contributed by atoms with E-state index in [4.69, 9.17) is 4.74 Å². The summed E-state index contributed by atoms with van der Waals surface area (Å²) in [6.45, 7) is 2.70. The Morgan fingerprint density at radius 3 is 2.58 bits per heavy atom. The van der Waals surface area contributed by atoms with Gasteiger partial charge in [-0.15, -0.1) is 11.3 Å². The maximum Gasteiger partial charge on any atom is 0.303 e. The Hall–Kier alpha value is -3.75. The fraction of sp³-hybridized carbons (Fsp3) is 0.250. The number of benzene rings is 3. The maximum atomic E-state index is 11.6. The number of carbonyl (C=O) groups is 2. The summed E-state index contributed by atoms with van der Waals surface area (Å²) in [5, 5.41) is 23.2. The van der Waals surface area contributed by atoms with Gasteiger partial charge in [-0.1, -0.05) is 49.0 Å². The molecule has 1 aromatic heterocycles. The van der Waals surface area contributed by atoms with Crippen molar-refractivity contribution in [3.63, 3.8) is 0 Å². The number of nitrogens with zero attached hydrogens (tertiary/aromatic N) is 1. The van der Waals surface area contributed by atoms with Crippen LogP contribution in [0.1, 0.15) is 43.0 Å². The number of carboxylic acids is 2. The molecule has 4 aromatic rings. The molecule has 0 radical (unpaired) electrons. The number of hydrogen-bond acceptors (Lipinski definition) is 6. The molecule has 0 bridgehead atoms. The Morgan fingerprint density at radius 2 is 1.82 bits per heavy atom. The summed E-state index contributed by atoms with van der Waals surface area (Å²) < 4.78 is 6.61. The zero-order valence-electron chi connectivity index (χ0n) is 22.5. The topological polar surface area (TPSA) is 87.1 Å². The van der Waals surface area contributed by atoms with Gasteiger partial charge in [0, 0.05) is 45.3 Å². The average Bonchev–Trinajstić information content (AvgIpc) is 3.48. The van der Waals surface area contributed by atoms with Crippen molar-refractivity contribution in [2.45, 2.75) is 43.9 Å². The van der Waals surface area contributed by atoms with Crippen molar-refractivity contribution >= 4 is 67.7 Å². The summed E-state index contributed by atoms with van der Waals surface area (Å²) in [5.74, 6) is -0.848. The summed E-state index contributed by atoms with van der Waals surface area (Å²) in [7, 11) is 1.64. The molecule has 8 heteroatoms. The zero-order valence-corrected chi connectivity index (χ0v) is 24.1. The molecule has 0 unspecified atom stereocenters. The lowest BCUT2D eigenvalue weighted by Crippen LogP contribution is -2.20. The average molecular weight is 574 g/mol. The number of aliphatic carboxylic acids is 2. The third-order valence-corrected chi connectivity index (χ3v) is 9.30. The molecule has 0 saturated carbocycles. The van der Waals surface area contributed by atoms with Gasteiger partial charge >= 0.3 is 11.9 Å². The highest BCUT2D eigenvalue weighted by molar-refractivity contribution is 8.03. The van der Waals surface area contributed by atoms with Crippen LogP contribution in [0.25, 0.3) is 26.9 Å². The number of methoxy groups -OCH3 is 1. The highest BCUT2D eigenvalue weighted by Crippen LogP contribution is 2.48. The summed E-state index contributed by atoms with van der Waals surface area (Å²) in [5.41, 5.74) is 3.22. The Labute approximate surface area is 241 Å². The molecule has 0 amide bonds. The van der Waals surface area contributed by atoms with Crippen LogP contribution in [0.5, 0.6) is 5.75 Å². The molecule has 206 valence electrons. The van der Waals surface area contributed by atoms with Crippen molar-refractivity contribution in [1.82, 2.24) is 0 Å². The van der Waals surface area contributed by atoms with Crippen molar-refractivity contribution in [3.8, 4) is 5.75 Å². The minimum Gasteiger partial charge on any atom is -0.497 e. The lowest BCUT2D eigenvalue weighted by Gasteiger charge is -2.21. The molecule has 0 saturated heterocycles. The third-order valence-electron chi connectivity index (χ3n) is 7.04. The van der Waals surface area contributed by atoms with Gasteiger partial charge in [-0.05, 0) is 71.5 Å². The van der Waals surface area contributed by atoms with Crippen LogP contribution in [0.4, 0.5) is 5.69 Å². The Morgan fingerprint density at radius 1 is 1.02 bits per heavy atom. The van der Waals surface area contributed by atoms with Crippen LogP contribution in [0.15, 0.2) is 76.2 Å². The minimum absolute atomic E-state index is 0.0722. The van der Waals surface area contributed by atoms with Gasteiger partial charge in [0.2, 0.25) is 0 Å². The van der Waals surface area contributed by atoms with Gasteiger partial charge in [0.1, 0.15) is 5.75 Å². The van der Waals surface area contributed by atoms with Crippen LogP contribution in [-0.2, 0) is 16.0 Å². The molecule has 6 nitrogen and oxygen atoms in total. The van der Waals surface area contributed by atoms with Gasteiger partial charge in [0.25, 0.3) is 0 Å². The fourth-order valence-electron chi connectivity index (χ4n) is 5.05. The van der Waals surface area contributed by atoms with E-state index in [1.807, 2.05) is 30.3 Å². The van der Waals surface area contributed by atoms with E-state index in [2.05, 4.69) is 48.2 Å². The molecule has 2 heterocycles. The predicted octanol–water partition coefficient (Wildman–Crippen LogP) is 8.19.